The molecule has 0 radical (unpaired) electrons. The molecule has 162 valence electrons. The third kappa shape index (κ3) is 6.76. The molecule has 2 unspecified atom stereocenters. The number of nitrogens with zero attached hydrogens (tertiary/aromatic N) is 2. The fraction of sp³-hybridized carbons (Fsp3) is 0.636. The second-order valence-electron chi connectivity index (χ2n) is 9.09. The van der Waals surface area contributed by atoms with Crippen molar-refractivity contribution >= 4 is 41.7 Å². The topological polar surface area (TPSA) is 66.0 Å². The fourth-order valence-electron chi connectivity index (χ4n) is 3.26. The van der Waals surface area contributed by atoms with Crippen LogP contribution in [-0.4, -0.2) is 36.8 Å². The third-order valence-corrected chi connectivity index (χ3v) is 5.14. The number of aryl methyl sites for hydroxylation is 1. The Morgan fingerprint density at radius 2 is 1.97 bits per heavy atom. The molecule has 0 heterocycles. The first kappa shape index (κ1) is 23.8. The highest BCUT2D eigenvalue weighted by molar-refractivity contribution is 14.0. The van der Waals surface area contributed by atoms with Crippen molar-refractivity contribution in [1.29, 1.82) is 0 Å². The first-order chi connectivity index (χ1) is 13.2. The molecule has 1 aromatic carbocycles. The van der Waals surface area contributed by atoms with Crippen LogP contribution >= 0.6 is 24.0 Å². The van der Waals surface area contributed by atoms with Crippen LogP contribution in [0.3, 0.4) is 0 Å². The van der Waals surface area contributed by atoms with Crippen molar-refractivity contribution in [3.8, 4) is 0 Å². The van der Waals surface area contributed by atoms with Crippen molar-refractivity contribution < 1.29 is 9.53 Å². The van der Waals surface area contributed by atoms with Gasteiger partial charge in [-0.2, -0.15) is 0 Å². The molecule has 1 aromatic rings. The lowest BCUT2D eigenvalue weighted by Gasteiger charge is -2.28. The van der Waals surface area contributed by atoms with Crippen molar-refractivity contribution in [1.82, 2.24) is 10.6 Å². The molecule has 0 bridgehead atoms. The van der Waals surface area contributed by atoms with Crippen molar-refractivity contribution in [2.75, 3.05) is 11.9 Å². The van der Waals surface area contributed by atoms with E-state index in [1.165, 1.54) is 6.42 Å². The molecule has 2 saturated carbocycles. The fourth-order valence-corrected chi connectivity index (χ4v) is 3.26. The van der Waals surface area contributed by atoms with Crippen molar-refractivity contribution in [2.45, 2.75) is 78.1 Å². The summed E-state index contributed by atoms with van der Waals surface area (Å²) in [6, 6.07) is 7.03. The second kappa shape index (κ2) is 9.53. The lowest BCUT2D eigenvalue weighted by molar-refractivity contribution is 0.0577. The molecule has 3 rings (SSSR count). The van der Waals surface area contributed by atoms with Gasteiger partial charge in [0.15, 0.2) is 5.96 Å². The van der Waals surface area contributed by atoms with Crippen LogP contribution in [-0.2, 0) is 11.3 Å². The number of anilines is 1. The van der Waals surface area contributed by atoms with Gasteiger partial charge in [0.2, 0.25) is 0 Å². The molecule has 29 heavy (non-hydrogen) atoms. The van der Waals surface area contributed by atoms with Crippen molar-refractivity contribution in [2.24, 2.45) is 10.9 Å². The van der Waals surface area contributed by atoms with E-state index in [1.54, 1.807) is 7.05 Å². The number of aliphatic imine (C=N–C) groups is 1. The zero-order valence-electron chi connectivity index (χ0n) is 18.4. The van der Waals surface area contributed by atoms with E-state index in [9.17, 15) is 4.79 Å². The van der Waals surface area contributed by atoms with Gasteiger partial charge in [-0.25, -0.2) is 4.79 Å². The van der Waals surface area contributed by atoms with E-state index in [1.807, 2.05) is 31.7 Å². The van der Waals surface area contributed by atoms with Crippen LogP contribution < -0.4 is 15.5 Å². The molecule has 2 fully saturated rings. The molecule has 0 aromatic heterocycles. The smallest absolute Gasteiger partial charge is 0.415 e. The minimum atomic E-state index is -0.496. The summed E-state index contributed by atoms with van der Waals surface area (Å²) in [5, 5.41) is 6.81. The molecule has 0 aliphatic heterocycles. The number of benzene rings is 1. The maximum atomic E-state index is 12.7. The number of nitrogens with one attached hydrogen (secondary N) is 2. The largest absolute Gasteiger partial charge is 0.443 e. The first-order valence-corrected chi connectivity index (χ1v) is 10.3. The maximum absolute atomic E-state index is 12.7. The van der Waals surface area contributed by atoms with Crippen LogP contribution in [0.2, 0.25) is 0 Å². The van der Waals surface area contributed by atoms with Gasteiger partial charge >= 0.3 is 6.09 Å². The maximum Gasteiger partial charge on any atom is 0.415 e. The minimum Gasteiger partial charge on any atom is -0.443 e. The molecule has 2 atom stereocenters. The predicted octanol–water partition coefficient (Wildman–Crippen LogP) is 4.59. The molecule has 2 N–H and O–H groups in total. The van der Waals surface area contributed by atoms with E-state index in [4.69, 9.17) is 4.74 Å². The number of carbonyl (C=O) groups excluding carboxylic acids is 1. The Balaban J connectivity index is 0.00000300. The Kier molecular flexibility index (Phi) is 7.81. The van der Waals surface area contributed by atoms with Gasteiger partial charge in [-0.05, 0) is 70.1 Å². The molecule has 1 amide bonds. The third-order valence-electron chi connectivity index (χ3n) is 5.14. The molecular weight excluding hydrogens is 479 g/mol. The Hall–Kier alpha value is -1.51. The number of guanidine groups is 1. The summed E-state index contributed by atoms with van der Waals surface area (Å²) >= 11 is 0. The van der Waals surface area contributed by atoms with Gasteiger partial charge in [0, 0.05) is 25.7 Å². The molecule has 2 aliphatic carbocycles. The SMILES string of the molecule is CN=C(NCc1ccc(N(C(=O)OC(C)(C)C)C2CC2)c(C)c1)NC1CC1C.I. The predicted molar refractivity (Wildman–Crippen MR) is 129 cm³/mol. The number of carbonyl (C=O) groups is 1. The normalized spacial score (nSPS) is 21.1. The summed E-state index contributed by atoms with van der Waals surface area (Å²) in [5.74, 6) is 1.56. The lowest BCUT2D eigenvalue weighted by Crippen LogP contribution is -2.39. The van der Waals surface area contributed by atoms with E-state index >= 15 is 0 Å². The molecule has 0 spiro atoms. The summed E-state index contributed by atoms with van der Waals surface area (Å²) < 4.78 is 5.64. The van der Waals surface area contributed by atoms with E-state index in [0.29, 0.717) is 12.6 Å². The van der Waals surface area contributed by atoms with E-state index < -0.39 is 5.60 Å². The van der Waals surface area contributed by atoms with Crippen LogP contribution in [0.15, 0.2) is 23.2 Å². The zero-order chi connectivity index (χ0) is 20.5. The van der Waals surface area contributed by atoms with Crippen molar-refractivity contribution in [3.63, 3.8) is 0 Å². The summed E-state index contributed by atoms with van der Waals surface area (Å²) in [7, 11) is 1.80. The van der Waals surface area contributed by atoms with Crippen LogP contribution in [0.1, 0.15) is 58.1 Å². The van der Waals surface area contributed by atoms with Crippen LogP contribution in [0.25, 0.3) is 0 Å². The average molecular weight is 514 g/mol. The van der Waals surface area contributed by atoms with E-state index in [-0.39, 0.29) is 36.1 Å². The molecule has 6 nitrogen and oxygen atoms in total. The number of hydrogen-bond donors (Lipinski definition) is 2. The second-order valence-corrected chi connectivity index (χ2v) is 9.09. The highest BCUT2D eigenvalue weighted by atomic mass is 127. The number of rotatable bonds is 5. The van der Waals surface area contributed by atoms with Gasteiger partial charge < -0.3 is 15.4 Å². The van der Waals surface area contributed by atoms with Gasteiger partial charge in [-0.3, -0.25) is 9.89 Å². The molecule has 2 aliphatic rings. The van der Waals surface area contributed by atoms with Gasteiger partial charge in [0.05, 0.1) is 5.69 Å². The van der Waals surface area contributed by atoms with Gasteiger partial charge in [-0.1, -0.05) is 19.1 Å². The zero-order valence-corrected chi connectivity index (χ0v) is 20.7. The van der Waals surface area contributed by atoms with E-state index in [2.05, 4.69) is 41.6 Å². The number of amides is 1. The van der Waals surface area contributed by atoms with Gasteiger partial charge in [-0.15, -0.1) is 24.0 Å². The van der Waals surface area contributed by atoms with Crippen molar-refractivity contribution in [3.05, 3.63) is 29.3 Å². The Morgan fingerprint density at radius 1 is 1.31 bits per heavy atom. The quantitative estimate of drug-likeness (QED) is 0.343. The Morgan fingerprint density at radius 3 is 2.45 bits per heavy atom. The van der Waals surface area contributed by atoms with Gasteiger partial charge in [0.1, 0.15) is 5.60 Å². The number of halogens is 1. The van der Waals surface area contributed by atoms with Gasteiger partial charge in [0.25, 0.3) is 0 Å². The first-order valence-electron chi connectivity index (χ1n) is 10.3. The lowest BCUT2D eigenvalue weighted by atomic mass is 10.1. The molecular formula is C22H35IN4O2. The summed E-state index contributed by atoms with van der Waals surface area (Å²) in [5.41, 5.74) is 2.68. The summed E-state index contributed by atoms with van der Waals surface area (Å²) in [6.45, 7) is 10.7. The molecule has 0 saturated heterocycles. The monoisotopic (exact) mass is 514 g/mol. The molecule has 7 heteroatoms. The Bertz CT molecular complexity index is 756. The summed E-state index contributed by atoms with van der Waals surface area (Å²) in [4.78, 5) is 18.9. The highest BCUT2D eigenvalue weighted by Gasteiger charge is 2.37. The average Bonchev–Trinajstić information content (AvgIpc) is 3.51. The highest BCUT2D eigenvalue weighted by Crippen LogP contribution is 2.35. The standard InChI is InChI=1S/C22H34N4O2.HI/c1-14-12-18(14)25-20(23-6)24-13-16-7-10-19(15(2)11-16)26(17-8-9-17)21(27)28-22(3,4)5;/h7,10-11,14,17-18H,8-9,12-13H2,1-6H3,(H2,23,24,25);1H. The van der Waals surface area contributed by atoms with Crippen LogP contribution in [0.4, 0.5) is 10.5 Å². The van der Waals surface area contributed by atoms with E-state index in [0.717, 1.165) is 41.5 Å². The van der Waals surface area contributed by atoms with Crippen LogP contribution in [0, 0.1) is 12.8 Å². The number of hydrogen-bond acceptors (Lipinski definition) is 3. The number of ether oxygens (including phenoxy) is 1. The minimum absolute atomic E-state index is 0. The Labute approximate surface area is 191 Å². The summed E-state index contributed by atoms with van der Waals surface area (Å²) in [6.07, 6.45) is 3.01. The van der Waals surface area contributed by atoms with Crippen LogP contribution in [0.5, 0.6) is 0 Å².